The van der Waals surface area contributed by atoms with Gasteiger partial charge in [0, 0.05) is 21.5 Å². The molecule has 0 aliphatic carbocycles. The lowest BCUT2D eigenvalue weighted by Crippen LogP contribution is -2.31. The number of benzene rings is 2. The Morgan fingerprint density at radius 3 is 2.93 bits per heavy atom. The first kappa shape index (κ1) is 20.3. The summed E-state index contributed by atoms with van der Waals surface area (Å²) in [5, 5.41) is 6.73. The number of anilines is 1. The maximum Gasteiger partial charge on any atom is 0.307 e. The quantitative estimate of drug-likeness (QED) is 0.557. The number of nitrogens with zero attached hydrogens (tertiary/aromatic N) is 1. The van der Waals surface area contributed by atoms with E-state index in [0.717, 1.165) is 10.5 Å². The van der Waals surface area contributed by atoms with E-state index in [2.05, 4.69) is 10.5 Å². The van der Waals surface area contributed by atoms with Crippen molar-refractivity contribution in [1.29, 1.82) is 0 Å². The number of rotatable bonds is 6. The topological polar surface area (TPSA) is 90.7 Å². The SMILES string of the molecule is COc1ccccc1-c1cc(COC(=O)CC2Sc3ccc(Cl)cc3NC2=O)on1. The van der Waals surface area contributed by atoms with Crippen molar-refractivity contribution in [2.45, 2.75) is 23.2 Å². The smallest absolute Gasteiger partial charge is 0.307 e. The van der Waals surface area contributed by atoms with Gasteiger partial charge in [0.1, 0.15) is 11.4 Å². The molecule has 0 bridgehead atoms. The number of thioether (sulfide) groups is 1. The molecule has 4 rings (SSSR count). The van der Waals surface area contributed by atoms with E-state index < -0.39 is 11.2 Å². The van der Waals surface area contributed by atoms with Crippen molar-refractivity contribution in [1.82, 2.24) is 5.16 Å². The molecule has 1 aliphatic heterocycles. The minimum absolute atomic E-state index is 0.0634. The number of carbonyl (C=O) groups excluding carboxylic acids is 2. The standard InChI is InChI=1S/C21H17ClN2O5S/c1-27-17-5-3-2-4-14(17)15-9-13(29-24-15)11-28-20(25)10-19-21(26)23-16-8-12(22)6-7-18(16)30-19/h2-9,19H,10-11H2,1H3,(H,23,26). The van der Waals surface area contributed by atoms with Gasteiger partial charge in [-0.05, 0) is 30.3 Å². The summed E-state index contributed by atoms with van der Waals surface area (Å²) >= 11 is 7.25. The number of nitrogens with one attached hydrogen (secondary N) is 1. The Kier molecular flexibility index (Phi) is 5.96. The maximum atomic E-state index is 12.3. The summed E-state index contributed by atoms with van der Waals surface area (Å²) in [5.41, 5.74) is 2.00. The Morgan fingerprint density at radius 1 is 1.27 bits per heavy atom. The molecule has 1 aliphatic rings. The number of methoxy groups -OCH3 is 1. The molecular weight excluding hydrogens is 428 g/mol. The number of aromatic nitrogens is 1. The maximum absolute atomic E-state index is 12.3. The predicted octanol–water partition coefficient (Wildman–Crippen LogP) is 4.55. The summed E-state index contributed by atoms with van der Waals surface area (Å²) in [6, 6.07) is 14.3. The van der Waals surface area contributed by atoms with Crippen LogP contribution in [0.1, 0.15) is 12.2 Å². The average molecular weight is 445 g/mol. The Labute approximate surface area is 181 Å². The highest BCUT2D eigenvalue weighted by atomic mass is 35.5. The van der Waals surface area contributed by atoms with Crippen LogP contribution in [0.5, 0.6) is 5.75 Å². The molecule has 9 heteroatoms. The molecule has 30 heavy (non-hydrogen) atoms. The first-order valence-electron chi connectivity index (χ1n) is 9.05. The van der Waals surface area contributed by atoms with E-state index in [1.165, 1.54) is 11.8 Å². The van der Waals surface area contributed by atoms with E-state index >= 15 is 0 Å². The van der Waals surface area contributed by atoms with Gasteiger partial charge >= 0.3 is 5.97 Å². The lowest BCUT2D eigenvalue weighted by atomic mass is 10.1. The Hall–Kier alpha value is -2.97. The van der Waals surface area contributed by atoms with Gasteiger partial charge in [0.05, 0.1) is 24.5 Å². The molecule has 0 saturated carbocycles. The van der Waals surface area contributed by atoms with Crippen LogP contribution in [0.15, 0.2) is 57.9 Å². The first-order valence-corrected chi connectivity index (χ1v) is 10.3. The van der Waals surface area contributed by atoms with Gasteiger partial charge in [-0.1, -0.05) is 28.9 Å². The zero-order valence-corrected chi connectivity index (χ0v) is 17.5. The third-order valence-corrected chi connectivity index (χ3v) is 5.94. The molecule has 7 nitrogen and oxygen atoms in total. The van der Waals surface area contributed by atoms with Crippen molar-refractivity contribution < 1.29 is 23.6 Å². The second-order valence-electron chi connectivity index (χ2n) is 6.48. The predicted molar refractivity (Wildman–Crippen MR) is 113 cm³/mol. The number of hydrogen-bond donors (Lipinski definition) is 1. The number of hydrogen-bond acceptors (Lipinski definition) is 7. The third kappa shape index (κ3) is 4.44. The number of halogens is 1. The second-order valence-corrected chi connectivity index (χ2v) is 8.16. The highest BCUT2D eigenvalue weighted by Gasteiger charge is 2.29. The van der Waals surface area contributed by atoms with E-state index in [4.69, 9.17) is 25.6 Å². The number of para-hydroxylation sites is 1. The van der Waals surface area contributed by atoms with Crippen LogP contribution in [0, 0.1) is 0 Å². The van der Waals surface area contributed by atoms with Gasteiger partial charge in [-0.2, -0.15) is 0 Å². The van der Waals surface area contributed by atoms with Crippen LogP contribution in [0.25, 0.3) is 11.3 Å². The second kappa shape index (κ2) is 8.81. The van der Waals surface area contributed by atoms with E-state index in [9.17, 15) is 9.59 Å². The number of esters is 1. The number of ether oxygens (including phenoxy) is 2. The molecule has 0 fully saturated rings. The fourth-order valence-electron chi connectivity index (χ4n) is 2.98. The zero-order valence-electron chi connectivity index (χ0n) is 15.9. The van der Waals surface area contributed by atoms with Crippen LogP contribution in [-0.2, 0) is 20.9 Å². The summed E-state index contributed by atoms with van der Waals surface area (Å²) in [4.78, 5) is 25.4. The summed E-state index contributed by atoms with van der Waals surface area (Å²) in [6.45, 7) is -0.0772. The van der Waals surface area contributed by atoms with E-state index in [0.29, 0.717) is 27.9 Å². The van der Waals surface area contributed by atoms with Gasteiger partial charge in [-0.15, -0.1) is 11.8 Å². The Balaban J connectivity index is 1.35. The molecule has 2 aromatic carbocycles. The van der Waals surface area contributed by atoms with E-state index in [1.54, 1.807) is 25.3 Å². The molecule has 2 heterocycles. The highest BCUT2D eigenvalue weighted by Crippen LogP contribution is 2.38. The normalized spacial score (nSPS) is 15.3. The van der Waals surface area contributed by atoms with Crippen LogP contribution >= 0.6 is 23.4 Å². The van der Waals surface area contributed by atoms with Gasteiger partial charge in [0.15, 0.2) is 12.4 Å². The molecule has 0 spiro atoms. The van der Waals surface area contributed by atoms with Crippen LogP contribution in [-0.4, -0.2) is 29.4 Å². The molecule has 0 radical (unpaired) electrons. The molecular formula is C21H17ClN2O5S. The van der Waals surface area contributed by atoms with Gasteiger partial charge in [-0.3, -0.25) is 9.59 Å². The van der Waals surface area contributed by atoms with E-state index in [-0.39, 0.29) is 18.9 Å². The average Bonchev–Trinajstić information content (AvgIpc) is 3.22. The molecule has 1 unspecified atom stereocenters. The molecule has 1 aromatic heterocycles. The minimum atomic E-state index is -0.579. The number of amides is 1. The molecule has 3 aromatic rings. The van der Waals surface area contributed by atoms with Crippen LogP contribution in [0.4, 0.5) is 5.69 Å². The Morgan fingerprint density at radius 2 is 2.10 bits per heavy atom. The molecule has 1 amide bonds. The Bertz CT molecular complexity index is 1100. The van der Waals surface area contributed by atoms with Crippen molar-refractivity contribution in [3.05, 3.63) is 59.3 Å². The summed E-state index contributed by atoms with van der Waals surface area (Å²) < 4.78 is 15.9. The largest absolute Gasteiger partial charge is 0.496 e. The minimum Gasteiger partial charge on any atom is -0.496 e. The monoisotopic (exact) mass is 444 g/mol. The van der Waals surface area contributed by atoms with E-state index in [1.807, 2.05) is 30.3 Å². The zero-order chi connectivity index (χ0) is 21.1. The van der Waals surface area contributed by atoms with Crippen molar-refractivity contribution in [2.24, 2.45) is 0 Å². The van der Waals surface area contributed by atoms with Gasteiger partial charge in [0.2, 0.25) is 5.91 Å². The van der Waals surface area contributed by atoms with Gasteiger partial charge in [-0.25, -0.2) is 0 Å². The summed E-state index contributed by atoms with van der Waals surface area (Å²) in [7, 11) is 1.58. The number of carbonyl (C=O) groups is 2. The lowest BCUT2D eigenvalue weighted by Gasteiger charge is -2.23. The summed E-state index contributed by atoms with van der Waals surface area (Å²) in [5.74, 6) is 0.293. The molecule has 1 atom stereocenters. The van der Waals surface area contributed by atoms with Crippen molar-refractivity contribution in [3.63, 3.8) is 0 Å². The van der Waals surface area contributed by atoms with Gasteiger partial charge in [0.25, 0.3) is 0 Å². The fourth-order valence-corrected chi connectivity index (χ4v) is 4.23. The van der Waals surface area contributed by atoms with Crippen molar-refractivity contribution in [2.75, 3.05) is 12.4 Å². The first-order chi connectivity index (χ1) is 14.5. The lowest BCUT2D eigenvalue weighted by molar-refractivity contribution is -0.146. The molecule has 0 saturated heterocycles. The number of fused-ring (bicyclic) bond motifs is 1. The summed E-state index contributed by atoms with van der Waals surface area (Å²) in [6.07, 6.45) is -0.0634. The fraction of sp³-hybridized carbons (Fsp3) is 0.190. The van der Waals surface area contributed by atoms with Crippen molar-refractivity contribution in [3.8, 4) is 17.0 Å². The van der Waals surface area contributed by atoms with Crippen LogP contribution in [0.3, 0.4) is 0 Å². The van der Waals surface area contributed by atoms with Gasteiger partial charge < -0.3 is 19.3 Å². The van der Waals surface area contributed by atoms with Crippen LogP contribution in [0.2, 0.25) is 5.02 Å². The van der Waals surface area contributed by atoms with Crippen LogP contribution < -0.4 is 10.1 Å². The highest BCUT2D eigenvalue weighted by molar-refractivity contribution is 8.01. The molecule has 1 N–H and O–H groups in total. The van der Waals surface area contributed by atoms with Crippen molar-refractivity contribution >= 4 is 40.9 Å². The third-order valence-electron chi connectivity index (χ3n) is 4.43. The molecule has 154 valence electrons.